The van der Waals surface area contributed by atoms with E-state index in [-0.39, 0.29) is 11.5 Å². The van der Waals surface area contributed by atoms with E-state index in [0.717, 1.165) is 6.54 Å². The molecule has 0 fully saturated rings. The molecule has 1 atom stereocenters. The molecule has 0 unspecified atom stereocenters. The number of para-hydroxylation sites is 1. The van der Waals surface area contributed by atoms with Crippen molar-refractivity contribution < 1.29 is 4.79 Å². The van der Waals surface area contributed by atoms with Crippen molar-refractivity contribution in [2.24, 2.45) is 0 Å². The molecule has 6 nitrogen and oxygen atoms in total. The SMILES string of the molecule is C[C@H](C(=O)NCCN(C)C)n1cnc2ccccc2c1=O. The topological polar surface area (TPSA) is 67.2 Å². The van der Waals surface area contributed by atoms with Gasteiger partial charge in [0.1, 0.15) is 6.04 Å². The van der Waals surface area contributed by atoms with Crippen molar-refractivity contribution in [3.63, 3.8) is 0 Å². The van der Waals surface area contributed by atoms with Gasteiger partial charge >= 0.3 is 0 Å². The summed E-state index contributed by atoms with van der Waals surface area (Å²) in [4.78, 5) is 30.7. The van der Waals surface area contributed by atoms with E-state index in [0.29, 0.717) is 17.4 Å². The van der Waals surface area contributed by atoms with Crippen molar-refractivity contribution in [2.45, 2.75) is 13.0 Å². The smallest absolute Gasteiger partial charge is 0.261 e. The molecule has 0 spiro atoms. The van der Waals surface area contributed by atoms with Crippen LogP contribution in [0.1, 0.15) is 13.0 Å². The van der Waals surface area contributed by atoms with Crippen LogP contribution < -0.4 is 10.9 Å². The summed E-state index contributed by atoms with van der Waals surface area (Å²) in [5.74, 6) is -0.184. The van der Waals surface area contributed by atoms with E-state index in [1.165, 1.54) is 10.9 Å². The Morgan fingerprint density at radius 3 is 2.81 bits per heavy atom. The molecule has 0 radical (unpaired) electrons. The monoisotopic (exact) mass is 288 g/mol. The van der Waals surface area contributed by atoms with Crippen LogP contribution in [0.5, 0.6) is 0 Å². The quantitative estimate of drug-likeness (QED) is 0.876. The lowest BCUT2D eigenvalue weighted by Crippen LogP contribution is -2.38. The van der Waals surface area contributed by atoms with Crippen LogP contribution in [0.2, 0.25) is 0 Å². The van der Waals surface area contributed by atoms with Gasteiger partial charge in [-0.2, -0.15) is 0 Å². The van der Waals surface area contributed by atoms with E-state index in [2.05, 4.69) is 10.3 Å². The maximum atomic E-state index is 12.4. The Bertz CT molecular complexity index is 693. The fourth-order valence-electron chi connectivity index (χ4n) is 2.04. The first-order chi connectivity index (χ1) is 10.0. The number of nitrogens with zero attached hydrogens (tertiary/aromatic N) is 3. The predicted molar refractivity (Wildman–Crippen MR) is 82.3 cm³/mol. The van der Waals surface area contributed by atoms with Gasteiger partial charge in [0.25, 0.3) is 5.56 Å². The molecule has 0 bridgehead atoms. The van der Waals surface area contributed by atoms with E-state index < -0.39 is 6.04 Å². The van der Waals surface area contributed by atoms with Crippen LogP contribution in [0.25, 0.3) is 10.9 Å². The number of carbonyl (C=O) groups is 1. The summed E-state index contributed by atoms with van der Waals surface area (Å²) in [6, 6.07) is 6.53. The van der Waals surface area contributed by atoms with Crippen LogP contribution >= 0.6 is 0 Å². The highest BCUT2D eigenvalue weighted by Crippen LogP contribution is 2.08. The summed E-state index contributed by atoms with van der Waals surface area (Å²) in [6.07, 6.45) is 1.43. The fourth-order valence-corrected chi connectivity index (χ4v) is 2.04. The number of nitrogens with one attached hydrogen (secondary N) is 1. The van der Waals surface area contributed by atoms with Crippen molar-refractivity contribution in [3.8, 4) is 0 Å². The minimum absolute atomic E-state index is 0.184. The standard InChI is InChI=1S/C15H20N4O2/c1-11(14(20)16-8-9-18(2)3)19-10-17-13-7-5-4-6-12(13)15(19)21/h4-7,10-11H,8-9H2,1-3H3,(H,16,20)/t11-/m1/s1. The van der Waals surface area contributed by atoms with Gasteiger partial charge in [-0.05, 0) is 33.2 Å². The zero-order chi connectivity index (χ0) is 15.4. The molecule has 1 amide bonds. The number of benzene rings is 1. The second kappa shape index (κ2) is 6.49. The third-order valence-corrected chi connectivity index (χ3v) is 3.35. The van der Waals surface area contributed by atoms with E-state index in [4.69, 9.17) is 0 Å². The Kier molecular flexibility index (Phi) is 4.70. The van der Waals surface area contributed by atoms with Gasteiger partial charge in [0.2, 0.25) is 5.91 Å². The summed E-state index contributed by atoms with van der Waals surface area (Å²) >= 11 is 0. The molecule has 1 N–H and O–H groups in total. The summed E-state index contributed by atoms with van der Waals surface area (Å²) < 4.78 is 1.37. The van der Waals surface area contributed by atoms with Gasteiger partial charge in [0.15, 0.2) is 0 Å². The molecule has 0 saturated carbocycles. The lowest BCUT2D eigenvalue weighted by atomic mass is 10.2. The second-order valence-electron chi connectivity index (χ2n) is 5.24. The van der Waals surface area contributed by atoms with Crippen LogP contribution in [0.3, 0.4) is 0 Å². The molecule has 2 aromatic rings. The zero-order valence-corrected chi connectivity index (χ0v) is 12.5. The molecule has 1 heterocycles. The van der Waals surface area contributed by atoms with Gasteiger partial charge in [0, 0.05) is 13.1 Å². The van der Waals surface area contributed by atoms with Crippen molar-refractivity contribution in [1.82, 2.24) is 19.8 Å². The summed E-state index contributed by atoms with van der Waals surface area (Å²) in [5, 5.41) is 3.34. The molecule has 21 heavy (non-hydrogen) atoms. The molecule has 0 aliphatic rings. The van der Waals surface area contributed by atoms with Crippen molar-refractivity contribution >= 4 is 16.8 Å². The number of fused-ring (bicyclic) bond motifs is 1. The molecule has 2 rings (SSSR count). The maximum Gasteiger partial charge on any atom is 0.261 e. The number of amides is 1. The highest BCUT2D eigenvalue weighted by molar-refractivity contribution is 5.81. The Balaban J connectivity index is 2.19. The average Bonchev–Trinajstić information content (AvgIpc) is 2.47. The van der Waals surface area contributed by atoms with Gasteiger partial charge in [-0.25, -0.2) is 4.98 Å². The van der Waals surface area contributed by atoms with Crippen LogP contribution in [0, 0.1) is 0 Å². The van der Waals surface area contributed by atoms with Crippen LogP contribution in [0.15, 0.2) is 35.4 Å². The normalized spacial score (nSPS) is 12.6. The van der Waals surface area contributed by atoms with Crippen molar-refractivity contribution in [1.29, 1.82) is 0 Å². The Hall–Kier alpha value is -2.21. The number of likely N-dealkylation sites (N-methyl/N-ethyl adjacent to an activating group) is 1. The van der Waals surface area contributed by atoms with E-state index in [1.54, 1.807) is 25.1 Å². The van der Waals surface area contributed by atoms with Crippen LogP contribution in [-0.4, -0.2) is 47.5 Å². The molecule has 112 valence electrons. The summed E-state index contributed by atoms with van der Waals surface area (Å²) in [5.41, 5.74) is 0.440. The number of carbonyl (C=O) groups excluding carboxylic acids is 1. The first-order valence-corrected chi connectivity index (χ1v) is 6.89. The Morgan fingerprint density at radius 2 is 2.10 bits per heavy atom. The molecule has 0 saturated heterocycles. The lowest BCUT2D eigenvalue weighted by Gasteiger charge is -2.16. The van der Waals surface area contributed by atoms with Gasteiger partial charge in [-0.3, -0.25) is 14.2 Å². The van der Waals surface area contributed by atoms with E-state index in [9.17, 15) is 9.59 Å². The van der Waals surface area contributed by atoms with Crippen LogP contribution in [0.4, 0.5) is 0 Å². The molecule has 1 aromatic carbocycles. The average molecular weight is 288 g/mol. The number of aromatic nitrogens is 2. The number of hydrogen-bond acceptors (Lipinski definition) is 4. The fraction of sp³-hybridized carbons (Fsp3) is 0.400. The predicted octanol–water partition coefficient (Wildman–Crippen LogP) is 0.635. The minimum atomic E-state index is -0.586. The lowest BCUT2D eigenvalue weighted by molar-refractivity contribution is -0.123. The van der Waals surface area contributed by atoms with Crippen molar-refractivity contribution in [3.05, 3.63) is 40.9 Å². The number of rotatable bonds is 5. The number of hydrogen-bond donors (Lipinski definition) is 1. The van der Waals surface area contributed by atoms with E-state index in [1.807, 2.05) is 25.1 Å². The van der Waals surface area contributed by atoms with E-state index >= 15 is 0 Å². The molecular weight excluding hydrogens is 268 g/mol. The zero-order valence-electron chi connectivity index (χ0n) is 12.5. The highest BCUT2D eigenvalue weighted by Gasteiger charge is 2.17. The summed E-state index contributed by atoms with van der Waals surface area (Å²) in [6.45, 7) is 3.00. The summed E-state index contributed by atoms with van der Waals surface area (Å²) in [7, 11) is 3.88. The minimum Gasteiger partial charge on any atom is -0.353 e. The first kappa shape index (κ1) is 15.2. The van der Waals surface area contributed by atoms with Gasteiger partial charge in [-0.1, -0.05) is 12.1 Å². The van der Waals surface area contributed by atoms with Crippen LogP contribution in [-0.2, 0) is 4.79 Å². The molecule has 0 aliphatic carbocycles. The van der Waals surface area contributed by atoms with Gasteiger partial charge < -0.3 is 10.2 Å². The third kappa shape index (κ3) is 3.46. The molecule has 0 aliphatic heterocycles. The van der Waals surface area contributed by atoms with Gasteiger partial charge in [-0.15, -0.1) is 0 Å². The molecule has 1 aromatic heterocycles. The molecule has 6 heteroatoms. The maximum absolute atomic E-state index is 12.4. The Labute approximate surface area is 123 Å². The molecular formula is C15H20N4O2. The third-order valence-electron chi connectivity index (χ3n) is 3.35. The largest absolute Gasteiger partial charge is 0.353 e. The highest BCUT2D eigenvalue weighted by atomic mass is 16.2. The first-order valence-electron chi connectivity index (χ1n) is 6.89. The second-order valence-corrected chi connectivity index (χ2v) is 5.24. The van der Waals surface area contributed by atoms with Crippen molar-refractivity contribution in [2.75, 3.05) is 27.2 Å². The van der Waals surface area contributed by atoms with Gasteiger partial charge in [0.05, 0.1) is 17.2 Å². The Morgan fingerprint density at radius 1 is 1.38 bits per heavy atom.